The quantitative estimate of drug-likeness (QED) is 0.848. The molecule has 0 saturated carbocycles. The molecular formula is C17H20N4O3. The van der Waals surface area contributed by atoms with Gasteiger partial charge in [-0.1, -0.05) is 5.21 Å². The average molecular weight is 328 g/mol. The van der Waals surface area contributed by atoms with E-state index in [-0.39, 0.29) is 5.91 Å². The Labute approximate surface area is 140 Å². The van der Waals surface area contributed by atoms with Crippen LogP contribution in [0.15, 0.2) is 30.5 Å². The van der Waals surface area contributed by atoms with Crippen molar-refractivity contribution < 1.29 is 14.3 Å². The molecule has 0 aliphatic carbocycles. The van der Waals surface area contributed by atoms with E-state index in [4.69, 9.17) is 9.47 Å². The van der Waals surface area contributed by atoms with Crippen molar-refractivity contribution in [3.05, 3.63) is 36.2 Å². The highest BCUT2D eigenvalue weighted by atomic mass is 16.5. The summed E-state index contributed by atoms with van der Waals surface area (Å²) in [7, 11) is 1.62. The molecule has 0 N–H and O–H groups in total. The van der Waals surface area contributed by atoms with Crippen LogP contribution < -0.4 is 4.74 Å². The molecule has 7 nitrogen and oxygen atoms in total. The molecule has 7 heteroatoms. The third-order valence-corrected chi connectivity index (χ3v) is 4.88. The number of ether oxygens (including phenoxy) is 2. The first-order valence-electron chi connectivity index (χ1n) is 8.18. The Bertz CT molecular complexity index is 716. The summed E-state index contributed by atoms with van der Waals surface area (Å²) >= 11 is 0. The number of likely N-dealkylation sites (tertiary alicyclic amines) is 1. The predicted octanol–water partition coefficient (Wildman–Crippen LogP) is 1.38. The van der Waals surface area contributed by atoms with Gasteiger partial charge in [0.1, 0.15) is 5.75 Å². The topological polar surface area (TPSA) is 69.5 Å². The fraction of sp³-hybridized carbons (Fsp3) is 0.471. The van der Waals surface area contributed by atoms with Crippen LogP contribution in [0.4, 0.5) is 0 Å². The molecule has 1 amide bonds. The van der Waals surface area contributed by atoms with Crippen LogP contribution in [0.3, 0.4) is 0 Å². The number of hydrogen-bond acceptors (Lipinski definition) is 5. The number of benzene rings is 1. The fourth-order valence-corrected chi connectivity index (χ4v) is 3.29. The molecule has 24 heavy (non-hydrogen) atoms. The van der Waals surface area contributed by atoms with Gasteiger partial charge in [0, 0.05) is 26.3 Å². The lowest BCUT2D eigenvalue weighted by Crippen LogP contribution is -2.52. The third kappa shape index (κ3) is 2.75. The minimum Gasteiger partial charge on any atom is -0.497 e. The Morgan fingerprint density at radius 2 is 2.04 bits per heavy atom. The van der Waals surface area contributed by atoms with Crippen LogP contribution in [0.2, 0.25) is 0 Å². The second kappa shape index (κ2) is 6.24. The maximum atomic E-state index is 12.5. The van der Waals surface area contributed by atoms with Crippen molar-refractivity contribution in [2.75, 3.05) is 33.4 Å². The number of carbonyl (C=O) groups is 1. The highest BCUT2D eigenvalue weighted by molar-refractivity contribution is 5.92. The Morgan fingerprint density at radius 1 is 1.25 bits per heavy atom. The number of carbonyl (C=O) groups excluding carboxylic acids is 1. The van der Waals surface area contributed by atoms with E-state index in [2.05, 4.69) is 10.3 Å². The normalized spacial score (nSPS) is 20.9. The zero-order valence-corrected chi connectivity index (χ0v) is 13.6. The largest absolute Gasteiger partial charge is 0.497 e. The summed E-state index contributed by atoms with van der Waals surface area (Å²) in [5.74, 6) is 1.89. The summed E-state index contributed by atoms with van der Waals surface area (Å²) < 4.78 is 12.2. The van der Waals surface area contributed by atoms with E-state index >= 15 is 0 Å². The molecule has 1 atom stereocenters. The minimum atomic E-state index is -0.0510. The SMILES string of the molecule is COc1ccc(-n2cc(C(=O)N3CC(C4CCOC4)C3)nn2)cc1. The van der Waals surface area contributed by atoms with Crippen LogP contribution in [0.25, 0.3) is 5.69 Å². The number of hydrogen-bond donors (Lipinski definition) is 0. The average Bonchev–Trinajstić information content (AvgIpc) is 3.25. The van der Waals surface area contributed by atoms with E-state index in [0.29, 0.717) is 17.5 Å². The summed E-state index contributed by atoms with van der Waals surface area (Å²) in [5.41, 5.74) is 1.22. The summed E-state index contributed by atoms with van der Waals surface area (Å²) in [4.78, 5) is 14.3. The first-order valence-corrected chi connectivity index (χ1v) is 8.18. The van der Waals surface area contributed by atoms with Crippen molar-refractivity contribution in [1.82, 2.24) is 19.9 Å². The van der Waals surface area contributed by atoms with Crippen molar-refractivity contribution in [3.63, 3.8) is 0 Å². The van der Waals surface area contributed by atoms with E-state index in [0.717, 1.165) is 44.2 Å². The lowest BCUT2D eigenvalue weighted by atomic mass is 9.85. The van der Waals surface area contributed by atoms with Gasteiger partial charge < -0.3 is 14.4 Å². The van der Waals surface area contributed by atoms with Gasteiger partial charge >= 0.3 is 0 Å². The standard InChI is InChI=1S/C17H20N4O3/c1-23-15-4-2-14(3-5-15)21-10-16(18-19-21)17(22)20-8-13(9-20)12-6-7-24-11-12/h2-5,10,12-13H,6-9,11H2,1H3. The molecule has 2 aliphatic rings. The molecule has 2 fully saturated rings. The van der Waals surface area contributed by atoms with E-state index in [9.17, 15) is 4.79 Å². The maximum Gasteiger partial charge on any atom is 0.276 e. The Balaban J connectivity index is 1.40. The van der Waals surface area contributed by atoms with Gasteiger partial charge in [0.2, 0.25) is 0 Å². The van der Waals surface area contributed by atoms with E-state index < -0.39 is 0 Å². The Morgan fingerprint density at radius 3 is 2.71 bits per heavy atom. The molecule has 3 heterocycles. The van der Waals surface area contributed by atoms with Crippen LogP contribution in [-0.2, 0) is 4.74 Å². The van der Waals surface area contributed by atoms with Gasteiger partial charge in [0.05, 0.1) is 19.0 Å². The second-order valence-corrected chi connectivity index (χ2v) is 6.34. The van der Waals surface area contributed by atoms with Crippen LogP contribution in [0.1, 0.15) is 16.9 Å². The predicted molar refractivity (Wildman–Crippen MR) is 86.2 cm³/mol. The summed E-state index contributed by atoms with van der Waals surface area (Å²) in [6, 6.07) is 7.45. The zero-order valence-electron chi connectivity index (χ0n) is 13.6. The van der Waals surface area contributed by atoms with Gasteiger partial charge in [-0.3, -0.25) is 4.79 Å². The van der Waals surface area contributed by atoms with Gasteiger partial charge in [0.15, 0.2) is 5.69 Å². The Kier molecular flexibility index (Phi) is 3.93. The van der Waals surface area contributed by atoms with Crippen molar-refractivity contribution in [3.8, 4) is 11.4 Å². The lowest BCUT2D eigenvalue weighted by Gasteiger charge is -2.41. The van der Waals surface area contributed by atoms with E-state index in [1.54, 1.807) is 18.0 Å². The van der Waals surface area contributed by atoms with Gasteiger partial charge in [-0.2, -0.15) is 0 Å². The number of amides is 1. The number of nitrogens with zero attached hydrogens (tertiary/aromatic N) is 4. The fourth-order valence-electron chi connectivity index (χ4n) is 3.29. The van der Waals surface area contributed by atoms with Gasteiger partial charge in [-0.05, 0) is 42.5 Å². The number of methoxy groups -OCH3 is 1. The van der Waals surface area contributed by atoms with E-state index in [1.807, 2.05) is 29.2 Å². The molecule has 0 radical (unpaired) electrons. The molecular weight excluding hydrogens is 308 g/mol. The molecule has 2 aliphatic heterocycles. The number of aromatic nitrogens is 3. The summed E-state index contributed by atoms with van der Waals surface area (Å²) in [6.45, 7) is 3.27. The van der Waals surface area contributed by atoms with Crippen molar-refractivity contribution in [1.29, 1.82) is 0 Å². The van der Waals surface area contributed by atoms with Crippen LogP contribution in [-0.4, -0.2) is 59.2 Å². The van der Waals surface area contributed by atoms with Crippen molar-refractivity contribution in [2.24, 2.45) is 11.8 Å². The molecule has 1 aromatic heterocycles. The molecule has 2 aromatic rings. The molecule has 2 saturated heterocycles. The molecule has 0 bridgehead atoms. The monoisotopic (exact) mass is 328 g/mol. The van der Waals surface area contributed by atoms with Crippen LogP contribution in [0, 0.1) is 11.8 Å². The molecule has 1 aromatic carbocycles. The molecule has 4 rings (SSSR count). The summed E-state index contributed by atoms with van der Waals surface area (Å²) in [5, 5.41) is 8.08. The van der Waals surface area contributed by atoms with Gasteiger partial charge in [-0.15, -0.1) is 5.10 Å². The van der Waals surface area contributed by atoms with Crippen LogP contribution in [0.5, 0.6) is 5.75 Å². The number of rotatable bonds is 4. The summed E-state index contributed by atoms with van der Waals surface area (Å²) in [6.07, 6.45) is 2.79. The second-order valence-electron chi connectivity index (χ2n) is 6.34. The first-order chi connectivity index (χ1) is 11.7. The highest BCUT2D eigenvalue weighted by Crippen LogP contribution is 2.30. The third-order valence-electron chi connectivity index (χ3n) is 4.88. The first kappa shape index (κ1) is 15.1. The van der Waals surface area contributed by atoms with E-state index in [1.165, 1.54) is 0 Å². The van der Waals surface area contributed by atoms with Crippen molar-refractivity contribution in [2.45, 2.75) is 6.42 Å². The minimum absolute atomic E-state index is 0.0510. The Hall–Kier alpha value is -2.41. The zero-order chi connectivity index (χ0) is 16.5. The molecule has 0 spiro atoms. The van der Waals surface area contributed by atoms with Crippen LogP contribution >= 0.6 is 0 Å². The smallest absolute Gasteiger partial charge is 0.276 e. The highest BCUT2D eigenvalue weighted by Gasteiger charge is 2.38. The maximum absolute atomic E-state index is 12.5. The molecule has 1 unspecified atom stereocenters. The molecule has 126 valence electrons. The van der Waals surface area contributed by atoms with Gasteiger partial charge in [0.25, 0.3) is 5.91 Å². The lowest BCUT2D eigenvalue weighted by molar-refractivity contribution is 0.0336. The van der Waals surface area contributed by atoms with Gasteiger partial charge in [-0.25, -0.2) is 4.68 Å². The van der Waals surface area contributed by atoms with Crippen molar-refractivity contribution >= 4 is 5.91 Å².